The minimum absolute atomic E-state index is 0.00737. The lowest BCUT2D eigenvalue weighted by atomic mass is 10.1. The van der Waals surface area contributed by atoms with Crippen LogP contribution in [0.4, 0.5) is 0 Å². The van der Waals surface area contributed by atoms with Crippen LogP contribution in [0.3, 0.4) is 0 Å². The second kappa shape index (κ2) is 7.96. The number of nitrogens with one attached hydrogen (secondary N) is 2. The molecule has 2 aliphatic heterocycles. The van der Waals surface area contributed by atoms with Crippen molar-refractivity contribution in [2.75, 3.05) is 26.3 Å². The first-order valence-corrected chi connectivity index (χ1v) is 8.27. The van der Waals surface area contributed by atoms with Crippen molar-refractivity contribution in [2.24, 2.45) is 5.92 Å². The lowest BCUT2D eigenvalue weighted by molar-refractivity contribution is -0.125. The highest BCUT2D eigenvalue weighted by atomic mass is 16.5. The number of H-pyrrole nitrogens is 1. The van der Waals surface area contributed by atoms with E-state index in [1.54, 1.807) is 29.2 Å². The number of nitrogens with zero attached hydrogens (tertiary/aromatic N) is 2. The number of fused-ring (bicyclic) bond motifs is 4. The van der Waals surface area contributed by atoms with E-state index in [0.29, 0.717) is 24.1 Å². The Labute approximate surface area is 153 Å². The number of benzene rings is 1. The number of para-hydroxylation sites is 1. The maximum absolute atomic E-state index is 12.8. The Kier molecular flexibility index (Phi) is 5.46. The Morgan fingerprint density at radius 2 is 2.00 bits per heavy atom. The molecule has 2 saturated heterocycles. The molecule has 2 aliphatic rings. The van der Waals surface area contributed by atoms with E-state index < -0.39 is 5.92 Å². The molecule has 2 atom stereocenters. The van der Waals surface area contributed by atoms with E-state index in [-0.39, 0.29) is 48.9 Å². The van der Waals surface area contributed by atoms with Crippen LogP contribution >= 0.6 is 0 Å². The van der Waals surface area contributed by atoms with E-state index in [4.69, 9.17) is 14.6 Å². The van der Waals surface area contributed by atoms with Gasteiger partial charge in [0.25, 0.3) is 17.9 Å². The number of carboxylic acid groups (broad SMARTS) is 1. The third-order valence-corrected chi connectivity index (χ3v) is 4.34. The van der Waals surface area contributed by atoms with Crippen LogP contribution in [0.25, 0.3) is 10.9 Å². The van der Waals surface area contributed by atoms with Crippen LogP contribution < -0.4 is 10.9 Å². The molecule has 10 heteroatoms. The zero-order chi connectivity index (χ0) is 19.4. The predicted octanol–water partition coefficient (Wildman–Crippen LogP) is -0.789. The van der Waals surface area contributed by atoms with Crippen molar-refractivity contribution in [1.29, 1.82) is 0 Å². The Hall–Kier alpha value is -3.27. The summed E-state index contributed by atoms with van der Waals surface area (Å²) in [6.45, 7) is 0.983. The lowest BCUT2D eigenvalue weighted by Crippen LogP contribution is -2.45. The van der Waals surface area contributed by atoms with Gasteiger partial charge in [-0.05, 0) is 12.1 Å². The standard InChI is InChI=1S/C16H16N4O4.CH2O2/c21-14-9-5-20(6-10(17-14)8-24-7-9)16(23)13-18-12-4-2-1-3-11(12)15(22)19-13;2-1-3/h1-4,9-10H,5-8H2,(H,17,21)(H,18,19,22);1H,(H,2,3)/t9-,10+;/m1./s1. The van der Waals surface area contributed by atoms with Gasteiger partial charge in [0.2, 0.25) is 5.91 Å². The van der Waals surface area contributed by atoms with Crippen molar-refractivity contribution in [3.05, 3.63) is 40.4 Å². The molecule has 2 bridgehead atoms. The number of ether oxygens (including phenoxy) is 1. The van der Waals surface area contributed by atoms with Crippen LogP contribution in [0.2, 0.25) is 0 Å². The van der Waals surface area contributed by atoms with E-state index in [1.165, 1.54) is 0 Å². The molecule has 3 N–H and O–H groups in total. The molecule has 0 spiro atoms. The summed E-state index contributed by atoms with van der Waals surface area (Å²) in [5, 5.41) is 10.2. The van der Waals surface area contributed by atoms with Crippen LogP contribution in [-0.4, -0.2) is 70.6 Å². The summed E-state index contributed by atoms with van der Waals surface area (Å²) in [6.07, 6.45) is 0. The van der Waals surface area contributed by atoms with Crippen LogP contribution in [0.1, 0.15) is 10.6 Å². The average molecular weight is 374 g/mol. The zero-order valence-electron chi connectivity index (χ0n) is 14.3. The molecule has 27 heavy (non-hydrogen) atoms. The van der Waals surface area contributed by atoms with Gasteiger partial charge in [-0.2, -0.15) is 0 Å². The first-order chi connectivity index (χ1) is 13.0. The number of hydrogen-bond donors (Lipinski definition) is 3. The Morgan fingerprint density at radius 3 is 2.78 bits per heavy atom. The predicted molar refractivity (Wildman–Crippen MR) is 93.2 cm³/mol. The highest BCUT2D eigenvalue weighted by Crippen LogP contribution is 2.15. The van der Waals surface area contributed by atoms with E-state index in [9.17, 15) is 14.4 Å². The SMILES string of the molecule is O=C1N[C@@H]2COC[C@H]1CN(C(=O)c1nc3ccccc3c(=O)[nH]1)C2.O=CO. The summed E-state index contributed by atoms with van der Waals surface area (Å²) < 4.78 is 5.45. The Balaban J connectivity index is 0.000000659. The number of aromatic nitrogens is 2. The number of amides is 2. The van der Waals surface area contributed by atoms with Crippen molar-refractivity contribution in [3.63, 3.8) is 0 Å². The van der Waals surface area contributed by atoms with Gasteiger partial charge >= 0.3 is 0 Å². The van der Waals surface area contributed by atoms with Crippen molar-refractivity contribution < 1.29 is 24.2 Å². The average Bonchev–Trinajstić information content (AvgIpc) is 2.90. The van der Waals surface area contributed by atoms with Gasteiger partial charge in [-0.1, -0.05) is 12.1 Å². The van der Waals surface area contributed by atoms with Gasteiger partial charge in [0.15, 0.2) is 5.82 Å². The van der Waals surface area contributed by atoms with Gasteiger partial charge in [0.1, 0.15) is 0 Å². The fourth-order valence-electron chi connectivity index (χ4n) is 3.13. The van der Waals surface area contributed by atoms with Crippen LogP contribution in [0, 0.1) is 5.92 Å². The summed E-state index contributed by atoms with van der Waals surface area (Å²) in [4.78, 5) is 53.7. The molecule has 0 saturated carbocycles. The van der Waals surface area contributed by atoms with Crippen LogP contribution in [-0.2, 0) is 14.3 Å². The maximum atomic E-state index is 12.8. The van der Waals surface area contributed by atoms with Gasteiger partial charge in [-0.25, -0.2) is 4.98 Å². The highest BCUT2D eigenvalue weighted by molar-refractivity contribution is 5.93. The molecule has 2 aromatic rings. The molecule has 1 aromatic heterocycles. The normalized spacial score (nSPS) is 21.5. The van der Waals surface area contributed by atoms with E-state index >= 15 is 0 Å². The molecule has 2 amide bonds. The monoisotopic (exact) mass is 374 g/mol. The Morgan fingerprint density at radius 1 is 1.26 bits per heavy atom. The van der Waals surface area contributed by atoms with Crippen molar-refractivity contribution in [2.45, 2.75) is 6.04 Å². The van der Waals surface area contributed by atoms with E-state index in [0.717, 1.165) is 0 Å². The summed E-state index contributed by atoms with van der Waals surface area (Å²) >= 11 is 0. The molecule has 2 fully saturated rings. The van der Waals surface area contributed by atoms with E-state index in [1.807, 2.05) is 0 Å². The third-order valence-electron chi connectivity index (χ3n) is 4.34. The fraction of sp³-hybridized carbons (Fsp3) is 0.353. The van der Waals surface area contributed by atoms with Crippen LogP contribution in [0.5, 0.6) is 0 Å². The summed E-state index contributed by atoms with van der Waals surface area (Å²) in [6, 6.07) is 6.61. The van der Waals surface area contributed by atoms with Crippen molar-refractivity contribution in [3.8, 4) is 0 Å². The zero-order valence-corrected chi connectivity index (χ0v) is 14.3. The molecule has 3 heterocycles. The number of carbonyl (C=O) groups is 3. The second-order valence-electron chi connectivity index (χ2n) is 6.19. The van der Waals surface area contributed by atoms with Gasteiger partial charge in [0, 0.05) is 13.1 Å². The first kappa shape index (κ1) is 18.5. The van der Waals surface area contributed by atoms with Gasteiger partial charge in [-0.3, -0.25) is 19.2 Å². The lowest BCUT2D eigenvalue weighted by Gasteiger charge is -2.27. The quantitative estimate of drug-likeness (QED) is 0.555. The fourth-order valence-corrected chi connectivity index (χ4v) is 3.13. The molecule has 10 nitrogen and oxygen atoms in total. The number of hydrogen-bond acceptors (Lipinski definition) is 6. The first-order valence-electron chi connectivity index (χ1n) is 8.27. The largest absolute Gasteiger partial charge is 0.483 e. The van der Waals surface area contributed by atoms with Gasteiger partial charge in [-0.15, -0.1) is 0 Å². The molecule has 0 radical (unpaired) electrons. The molecular weight excluding hydrogens is 356 g/mol. The van der Waals surface area contributed by atoms with Crippen molar-refractivity contribution >= 4 is 29.2 Å². The van der Waals surface area contributed by atoms with Crippen LogP contribution in [0.15, 0.2) is 29.1 Å². The summed E-state index contributed by atoms with van der Waals surface area (Å²) in [5.41, 5.74) is 0.119. The number of aromatic amines is 1. The topological polar surface area (TPSA) is 142 Å². The summed E-state index contributed by atoms with van der Waals surface area (Å²) in [7, 11) is 0. The highest BCUT2D eigenvalue weighted by Gasteiger charge is 2.35. The summed E-state index contributed by atoms with van der Waals surface area (Å²) in [5.74, 6) is -0.903. The van der Waals surface area contributed by atoms with Crippen molar-refractivity contribution in [1.82, 2.24) is 20.2 Å². The van der Waals surface area contributed by atoms with E-state index in [2.05, 4.69) is 15.3 Å². The smallest absolute Gasteiger partial charge is 0.290 e. The molecular formula is C17H18N4O6. The molecule has 4 rings (SSSR count). The Bertz CT molecular complexity index is 927. The number of rotatable bonds is 1. The number of carbonyl (C=O) groups excluding carboxylic acids is 2. The van der Waals surface area contributed by atoms with Gasteiger partial charge in [0.05, 0.1) is 36.1 Å². The van der Waals surface area contributed by atoms with Gasteiger partial charge < -0.3 is 25.0 Å². The molecule has 0 aliphatic carbocycles. The molecule has 0 unspecified atom stereocenters. The second-order valence-corrected chi connectivity index (χ2v) is 6.19. The minimum atomic E-state index is -0.409. The minimum Gasteiger partial charge on any atom is -0.483 e. The maximum Gasteiger partial charge on any atom is 0.290 e. The molecule has 1 aromatic carbocycles. The third kappa shape index (κ3) is 3.95. The molecule has 142 valence electrons.